The molecule has 0 unspecified atom stereocenters. The summed E-state index contributed by atoms with van der Waals surface area (Å²) in [6, 6.07) is 8.86. The molecule has 0 spiro atoms. The zero-order valence-electron chi connectivity index (χ0n) is 15.9. The number of hydrogen-bond acceptors (Lipinski definition) is 3. The number of carbonyl (C=O) groups excluding carboxylic acids is 1. The van der Waals surface area contributed by atoms with Crippen LogP contribution in [0.4, 0.5) is 20.3 Å². The van der Waals surface area contributed by atoms with Crippen molar-refractivity contribution in [3.63, 3.8) is 0 Å². The second-order valence-electron chi connectivity index (χ2n) is 7.96. The molecular formula is C22H22F2N2O. The number of anilines is 2. The number of nitrogens with one attached hydrogen (secondary N) is 1. The molecule has 1 heterocycles. The van der Waals surface area contributed by atoms with Crippen molar-refractivity contribution in [2.45, 2.75) is 34.1 Å². The molecule has 0 aliphatic carbocycles. The molecule has 3 nitrogen and oxygen atoms in total. The van der Waals surface area contributed by atoms with E-state index in [-0.39, 0.29) is 16.9 Å². The van der Waals surface area contributed by atoms with Crippen LogP contribution in [0.3, 0.4) is 0 Å². The van der Waals surface area contributed by atoms with E-state index < -0.39 is 11.6 Å². The van der Waals surface area contributed by atoms with Crippen LogP contribution in [0.25, 0.3) is 10.8 Å². The van der Waals surface area contributed by atoms with Gasteiger partial charge in [0.25, 0.3) is 0 Å². The van der Waals surface area contributed by atoms with Crippen molar-refractivity contribution in [3.05, 3.63) is 65.4 Å². The summed E-state index contributed by atoms with van der Waals surface area (Å²) in [4.78, 5) is 17.2. The molecule has 1 aromatic heterocycles. The fourth-order valence-corrected chi connectivity index (χ4v) is 3.14. The highest BCUT2D eigenvalue weighted by atomic mass is 19.1. The standard InChI is InChI=1S/C22H22F2N2O/c1-13-6-5-7-17-20(13)18(19(27)11-22(2,3)4)12-25-21(17)26-16-9-14(23)8-15(24)10-16/h5-10,12H,11H2,1-4H3,(H,25,26). The average Bonchev–Trinajstić information content (AvgIpc) is 2.53. The third-order valence-corrected chi connectivity index (χ3v) is 4.24. The summed E-state index contributed by atoms with van der Waals surface area (Å²) < 4.78 is 27.0. The molecule has 0 fully saturated rings. The Morgan fingerprint density at radius 2 is 1.78 bits per heavy atom. The molecule has 5 heteroatoms. The molecule has 2 aromatic carbocycles. The van der Waals surface area contributed by atoms with Gasteiger partial charge in [-0.3, -0.25) is 4.79 Å². The lowest BCUT2D eigenvalue weighted by atomic mass is 9.86. The van der Waals surface area contributed by atoms with Gasteiger partial charge < -0.3 is 5.32 Å². The zero-order valence-corrected chi connectivity index (χ0v) is 15.9. The van der Waals surface area contributed by atoms with Crippen LogP contribution >= 0.6 is 0 Å². The van der Waals surface area contributed by atoms with E-state index in [1.165, 1.54) is 12.1 Å². The van der Waals surface area contributed by atoms with E-state index in [4.69, 9.17) is 0 Å². The maximum absolute atomic E-state index is 13.5. The Hall–Kier alpha value is -2.82. The molecule has 27 heavy (non-hydrogen) atoms. The second kappa shape index (κ2) is 7.06. The summed E-state index contributed by atoms with van der Waals surface area (Å²) >= 11 is 0. The largest absolute Gasteiger partial charge is 0.340 e. The van der Waals surface area contributed by atoms with E-state index in [2.05, 4.69) is 10.3 Å². The smallest absolute Gasteiger partial charge is 0.165 e. The number of fused-ring (bicyclic) bond motifs is 1. The zero-order chi connectivity index (χ0) is 19.8. The second-order valence-corrected chi connectivity index (χ2v) is 7.96. The van der Waals surface area contributed by atoms with E-state index in [0.29, 0.717) is 17.8 Å². The highest BCUT2D eigenvalue weighted by molar-refractivity contribution is 6.11. The maximum Gasteiger partial charge on any atom is 0.165 e. The van der Waals surface area contributed by atoms with Crippen molar-refractivity contribution < 1.29 is 13.6 Å². The number of ketones is 1. The van der Waals surface area contributed by atoms with Crippen molar-refractivity contribution in [2.75, 3.05) is 5.32 Å². The molecule has 0 amide bonds. The molecule has 0 aliphatic rings. The molecule has 1 N–H and O–H groups in total. The first kappa shape index (κ1) is 19.0. The summed E-state index contributed by atoms with van der Waals surface area (Å²) in [7, 11) is 0. The van der Waals surface area contributed by atoms with Gasteiger partial charge in [0.2, 0.25) is 0 Å². The minimum atomic E-state index is -0.671. The van der Waals surface area contributed by atoms with Crippen LogP contribution in [0.1, 0.15) is 43.1 Å². The van der Waals surface area contributed by atoms with E-state index in [1.807, 2.05) is 45.9 Å². The molecule has 0 atom stereocenters. The number of aromatic nitrogens is 1. The Labute approximate surface area is 157 Å². The van der Waals surface area contributed by atoms with Crippen molar-refractivity contribution in [1.29, 1.82) is 0 Å². The lowest BCUT2D eigenvalue weighted by Gasteiger charge is -2.19. The van der Waals surface area contributed by atoms with Gasteiger partial charge in [0.15, 0.2) is 5.78 Å². The highest BCUT2D eigenvalue weighted by Crippen LogP contribution is 2.32. The van der Waals surface area contributed by atoms with Crippen LogP contribution in [0, 0.1) is 24.0 Å². The first-order chi connectivity index (χ1) is 12.6. The first-order valence-electron chi connectivity index (χ1n) is 8.79. The Balaban J connectivity index is 2.10. The minimum Gasteiger partial charge on any atom is -0.340 e. The number of nitrogens with zero attached hydrogens (tertiary/aromatic N) is 1. The van der Waals surface area contributed by atoms with Crippen molar-refractivity contribution in [2.24, 2.45) is 5.41 Å². The lowest BCUT2D eigenvalue weighted by Crippen LogP contribution is -2.14. The molecule has 0 aliphatic heterocycles. The van der Waals surface area contributed by atoms with Crippen LogP contribution in [0.5, 0.6) is 0 Å². The van der Waals surface area contributed by atoms with Gasteiger partial charge in [0.1, 0.15) is 17.5 Å². The van der Waals surface area contributed by atoms with E-state index in [9.17, 15) is 13.6 Å². The summed E-state index contributed by atoms with van der Waals surface area (Å²) in [5.74, 6) is -0.867. The minimum absolute atomic E-state index is 0.0256. The number of rotatable bonds is 4. The molecular weight excluding hydrogens is 346 g/mol. The topological polar surface area (TPSA) is 42.0 Å². The van der Waals surface area contributed by atoms with E-state index >= 15 is 0 Å². The Morgan fingerprint density at radius 1 is 1.11 bits per heavy atom. The quantitative estimate of drug-likeness (QED) is 0.559. The Kier molecular flexibility index (Phi) is 4.96. The van der Waals surface area contributed by atoms with Gasteiger partial charge in [0.05, 0.1) is 0 Å². The first-order valence-corrected chi connectivity index (χ1v) is 8.79. The molecule has 0 radical (unpaired) electrons. The fraction of sp³-hybridized carbons (Fsp3) is 0.273. The van der Waals surface area contributed by atoms with Crippen molar-refractivity contribution >= 4 is 28.1 Å². The van der Waals surface area contributed by atoms with Gasteiger partial charge in [-0.05, 0) is 30.0 Å². The van der Waals surface area contributed by atoms with Gasteiger partial charge in [-0.15, -0.1) is 0 Å². The molecule has 0 saturated carbocycles. The summed E-state index contributed by atoms with van der Waals surface area (Å²) in [5, 5.41) is 4.51. The van der Waals surface area contributed by atoms with Gasteiger partial charge in [-0.25, -0.2) is 13.8 Å². The third-order valence-electron chi connectivity index (χ3n) is 4.24. The summed E-state index contributed by atoms with van der Waals surface area (Å²) in [5.41, 5.74) is 1.63. The molecule has 3 rings (SSSR count). The molecule has 0 saturated heterocycles. The van der Waals surface area contributed by atoms with Crippen LogP contribution < -0.4 is 5.32 Å². The number of halogens is 2. The van der Waals surface area contributed by atoms with Crippen molar-refractivity contribution in [3.8, 4) is 0 Å². The number of hydrogen-bond donors (Lipinski definition) is 1. The van der Waals surface area contributed by atoms with Crippen LogP contribution in [0.2, 0.25) is 0 Å². The van der Waals surface area contributed by atoms with Crippen LogP contribution in [-0.2, 0) is 0 Å². The van der Waals surface area contributed by atoms with Gasteiger partial charge >= 0.3 is 0 Å². The number of benzene rings is 2. The number of Topliss-reactive ketones (excluding diaryl/α,β-unsaturated/α-hetero) is 1. The third kappa shape index (κ3) is 4.30. The maximum atomic E-state index is 13.5. The van der Waals surface area contributed by atoms with Crippen molar-refractivity contribution in [1.82, 2.24) is 4.98 Å². The number of aryl methyl sites for hydroxylation is 1. The normalized spacial score (nSPS) is 11.6. The van der Waals surface area contributed by atoms with Crippen LogP contribution in [-0.4, -0.2) is 10.8 Å². The Bertz CT molecular complexity index is 1000. The highest BCUT2D eigenvalue weighted by Gasteiger charge is 2.21. The summed E-state index contributed by atoms with van der Waals surface area (Å²) in [6.07, 6.45) is 1.95. The molecule has 0 bridgehead atoms. The SMILES string of the molecule is Cc1cccc2c(Nc3cc(F)cc(F)c3)ncc(C(=O)CC(C)(C)C)c12. The lowest BCUT2D eigenvalue weighted by molar-refractivity contribution is 0.0941. The van der Waals surface area contributed by atoms with Gasteiger partial charge in [-0.2, -0.15) is 0 Å². The van der Waals surface area contributed by atoms with Gasteiger partial charge in [-0.1, -0.05) is 39.0 Å². The van der Waals surface area contributed by atoms with Crippen LogP contribution in [0.15, 0.2) is 42.6 Å². The number of pyridine rings is 1. The van der Waals surface area contributed by atoms with E-state index in [0.717, 1.165) is 22.4 Å². The number of carbonyl (C=O) groups is 1. The Morgan fingerprint density at radius 3 is 2.41 bits per heavy atom. The van der Waals surface area contributed by atoms with E-state index in [1.54, 1.807) is 6.20 Å². The predicted molar refractivity (Wildman–Crippen MR) is 105 cm³/mol. The predicted octanol–water partition coefficient (Wildman–Crippen LogP) is 6.18. The summed E-state index contributed by atoms with van der Waals surface area (Å²) in [6.45, 7) is 7.98. The fourth-order valence-electron chi connectivity index (χ4n) is 3.14. The average molecular weight is 368 g/mol. The molecule has 3 aromatic rings. The monoisotopic (exact) mass is 368 g/mol. The van der Waals surface area contributed by atoms with Gasteiger partial charge in [0, 0.05) is 40.7 Å². The molecule has 140 valence electrons.